The second-order valence-corrected chi connectivity index (χ2v) is 11.2. The summed E-state index contributed by atoms with van der Waals surface area (Å²) in [6, 6.07) is 12.9. The van der Waals surface area contributed by atoms with Crippen LogP contribution in [0.4, 0.5) is 14.4 Å². The summed E-state index contributed by atoms with van der Waals surface area (Å²) >= 11 is 0. The molecule has 0 N–H and O–H groups in total. The van der Waals surface area contributed by atoms with E-state index in [4.69, 9.17) is 14.2 Å². The van der Waals surface area contributed by atoms with Crippen LogP contribution in [0.5, 0.6) is 17.2 Å². The van der Waals surface area contributed by atoms with Crippen molar-refractivity contribution in [3.63, 3.8) is 0 Å². The van der Waals surface area contributed by atoms with Crippen LogP contribution in [0.3, 0.4) is 0 Å². The maximum atomic E-state index is 12.8. The lowest BCUT2D eigenvalue weighted by Gasteiger charge is -2.26. The number of piperidine rings is 3. The number of ether oxygens (including phenoxy) is 3. The molecule has 2 aromatic rings. The van der Waals surface area contributed by atoms with E-state index < -0.39 is 0 Å². The van der Waals surface area contributed by atoms with Gasteiger partial charge in [0.25, 0.3) is 0 Å². The Bertz CT molecular complexity index is 1130. The van der Waals surface area contributed by atoms with Crippen LogP contribution >= 0.6 is 0 Å². The van der Waals surface area contributed by atoms with Crippen LogP contribution in [0.1, 0.15) is 68.9 Å². The second-order valence-electron chi connectivity index (χ2n) is 11.2. The van der Waals surface area contributed by atoms with Crippen molar-refractivity contribution in [2.24, 2.45) is 0 Å². The average molecular weight is 564 g/mol. The SMILES string of the molecule is O=C(Oc1ccc(CCc2cc(OC(=O)N3CCCCC3)cc(OC(=O)N3CCCCC3)c2)cc1)N1CCCCC1. The van der Waals surface area contributed by atoms with Crippen molar-refractivity contribution in [1.82, 2.24) is 14.7 Å². The highest BCUT2D eigenvalue weighted by molar-refractivity contribution is 5.73. The minimum absolute atomic E-state index is 0.292. The minimum Gasteiger partial charge on any atom is -0.410 e. The Morgan fingerprint density at radius 1 is 0.463 bits per heavy atom. The van der Waals surface area contributed by atoms with E-state index >= 15 is 0 Å². The summed E-state index contributed by atoms with van der Waals surface area (Å²) in [5.74, 6) is 1.28. The number of hydrogen-bond donors (Lipinski definition) is 0. The monoisotopic (exact) mass is 563 g/mol. The summed E-state index contributed by atoms with van der Waals surface area (Å²) in [7, 11) is 0. The molecule has 3 saturated heterocycles. The van der Waals surface area contributed by atoms with Gasteiger partial charge in [-0.05, 0) is 106 Å². The Balaban J connectivity index is 1.23. The summed E-state index contributed by atoms with van der Waals surface area (Å²) in [6.07, 6.45) is 9.68. The Kier molecular flexibility index (Phi) is 9.99. The molecular formula is C32H41N3O6. The van der Waals surface area contributed by atoms with Gasteiger partial charge in [0, 0.05) is 45.3 Å². The third-order valence-corrected chi connectivity index (χ3v) is 8.02. The van der Waals surface area contributed by atoms with Crippen LogP contribution in [0.25, 0.3) is 0 Å². The van der Waals surface area contributed by atoms with Crippen LogP contribution < -0.4 is 14.2 Å². The molecule has 3 fully saturated rings. The Morgan fingerprint density at radius 2 is 0.829 bits per heavy atom. The number of aryl methyl sites for hydroxylation is 2. The average Bonchev–Trinajstić information content (AvgIpc) is 3.02. The lowest BCUT2D eigenvalue weighted by molar-refractivity contribution is 0.140. The molecule has 0 radical (unpaired) electrons. The van der Waals surface area contributed by atoms with E-state index in [1.165, 1.54) is 0 Å². The van der Waals surface area contributed by atoms with E-state index in [9.17, 15) is 14.4 Å². The summed E-state index contributed by atoms with van der Waals surface area (Å²) in [5, 5.41) is 0. The van der Waals surface area contributed by atoms with Crippen molar-refractivity contribution in [3.05, 3.63) is 53.6 Å². The molecule has 0 bridgehead atoms. The van der Waals surface area contributed by atoms with Gasteiger partial charge in [0.1, 0.15) is 17.2 Å². The molecule has 41 heavy (non-hydrogen) atoms. The largest absolute Gasteiger partial charge is 0.415 e. The molecule has 3 aliphatic rings. The van der Waals surface area contributed by atoms with E-state index in [0.29, 0.717) is 56.3 Å². The summed E-state index contributed by atoms with van der Waals surface area (Å²) < 4.78 is 17.1. The number of hydrogen-bond acceptors (Lipinski definition) is 6. The van der Waals surface area contributed by atoms with Crippen LogP contribution in [-0.4, -0.2) is 72.2 Å². The number of benzene rings is 2. The number of amides is 3. The molecule has 3 heterocycles. The smallest absolute Gasteiger partial charge is 0.410 e. The van der Waals surface area contributed by atoms with E-state index in [1.54, 1.807) is 20.8 Å². The standard InChI is InChI=1S/C32H41N3O6/c36-30(33-16-4-1-5-17-33)39-27-14-12-25(13-15-27)10-11-26-22-28(40-31(37)34-18-6-2-7-19-34)24-29(23-26)41-32(38)35-20-8-3-9-21-35/h12-15,22-24H,1-11,16-21H2. The highest BCUT2D eigenvalue weighted by atomic mass is 16.6. The lowest BCUT2D eigenvalue weighted by atomic mass is 10.0. The first kappa shape index (κ1) is 28.8. The zero-order valence-electron chi connectivity index (χ0n) is 23.9. The Morgan fingerprint density at radius 3 is 1.24 bits per heavy atom. The molecular weight excluding hydrogens is 522 g/mol. The van der Waals surface area contributed by atoms with Gasteiger partial charge in [0.15, 0.2) is 0 Å². The summed E-state index contributed by atoms with van der Waals surface area (Å²) in [5.41, 5.74) is 1.97. The van der Waals surface area contributed by atoms with Gasteiger partial charge in [-0.1, -0.05) is 12.1 Å². The molecule has 0 aromatic heterocycles. The fourth-order valence-electron chi connectivity index (χ4n) is 5.63. The first-order chi connectivity index (χ1) is 20.0. The van der Waals surface area contributed by atoms with Gasteiger partial charge in [-0.2, -0.15) is 0 Å². The van der Waals surface area contributed by atoms with Crippen LogP contribution in [-0.2, 0) is 12.8 Å². The van der Waals surface area contributed by atoms with Gasteiger partial charge in [-0.25, -0.2) is 14.4 Å². The van der Waals surface area contributed by atoms with Crippen LogP contribution in [0.2, 0.25) is 0 Å². The Hall–Kier alpha value is -3.75. The summed E-state index contributed by atoms with van der Waals surface area (Å²) in [4.78, 5) is 43.2. The molecule has 3 aliphatic heterocycles. The van der Waals surface area contributed by atoms with Gasteiger partial charge in [-0.15, -0.1) is 0 Å². The maximum absolute atomic E-state index is 12.8. The molecule has 0 atom stereocenters. The fraction of sp³-hybridized carbons (Fsp3) is 0.531. The van der Waals surface area contributed by atoms with Gasteiger partial charge in [0.2, 0.25) is 0 Å². The predicted molar refractivity (Wildman–Crippen MR) is 155 cm³/mol. The van der Waals surface area contributed by atoms with Crippen LogP contribution in [0, 0.1) is 0 Å². The Labute approximate surface area is 242 Å². The van der Waals surface area contributed by atoms with E-state index in [0.717, 1.165) is 82.0 Å². The van der Waals surface area contributed by atoms with Gasteiger partial charge >= 0.3 is 18.3 Å². The van der Waals surface area contributed by atoms with Crippen molar-refractivity contribution in [1.29, 1.82) is 0 Å². The zero-order valence-corrected chi connectivity index (χ0v) is 23.9. The number of nitrogens with zero attached hydrogens (tertiary/aromatic N) is 3. The van der Waals surface area contributed by atoms with Crippen molar-refractivity contribution in [3.8, 4) is 17.2 Å². The van der Waals surface area contributed by atoms with Crippen molar-refractivity contribution in [2.75, 3.05) is 39.3 Å². The first-order valence-corrected chi connectivity index (χ1v) is 15.2. The third kappa shape index (κ3) is 8.38. The van der Waals surface area contributed by atoms with Gasteiger partial charge < -0.3 is 28.9 Å². The number of rotatable bonds is 6. The zero-order chi connectivity index (χ0) is 28.4. The molecule has 0 unspecified atom stereocenters. The predicted octanol–water partition coefficient (Wildman–Crippen LogP) is 6.43. The number of likely N-dealkylation sites (tertiary alicyclic amines) is 3. The molecule has 0 saturated carbocycles. The lowest BCUT2D eigenvalue weighted by Crippen LogP contribution is -2.38. The number of carbonyl (C=O) groups excluding carboxylic acids is 3. The van der Waals surface area contributed by atoms with E-state index in [-0.39, 0.29) is 18.3 Å². The normalized spacial score (nSPS) is 17.6. The summed E-state index contributed by atoms with van der Waals surface area (Å²) in [6.45, 7) is 4.27. The molecule has 9 nitrogen and oxygen atoms in total. The second kappa shape index (κ2) is 14.2. The van der Waals surface area contributed by atoms with Gasteiger partial charge in [-0.3, -0.25) is 0 Å². The highest BCUT2D eigenvalue weighted by Crippen LogP contribution is 2.27. The quantitative estimate of drug-likeness (QED) is 0.403. The molecule has 220 valence electrons. The molecule has 9 heteroatoms. The highest BCUT2D eigenvalue weighted by Gasteiger charge is 2.22. The van der Waals surface area contributed by atoms with Gasteiger partial charge in [0.05, 0.1) is 0 Å². The molecule has 0 aliphatic carbocycles. The maximum Gasteiger partial charge on any atom is 0.415 e. The number of carbonyl (C=O) groups is 3. The fourth-order valence-corrected chi connectivity index (χ4v) is 5.63. The topological polar surface area (TPSA) is 88.6 Å². The van der Waals surface area contributed by atoms with E-state index in [1.807, 2.05) is 36.4 Å². The third-order valence-electron chi connectivity index (χ3n) is 8.02. The van der Waals surface area contributed by atoms with Crippen molar-refractivity contribution < 1.29 is 28.6 Å². The molecule has 5 rings (SSSR count). The minimum atomic E-state index is -0.371. The van der Waals surface area contributed by atoms with E-state index in [2.05, 4.69) is 0 Å². The first-order valence-electron chi connectivity index (χ1n) is 15.2. The molecule has 0 spiro atoms. The van der Waals surface area contributed by atoms with Crippen molar-refractivity contribution >= 4 is 18.3 Å². The van der Waals surface area contributed by atoms with Crippen molar-refractivity contribution in [2.45, 2.75) is 70.6 Å². The molecule has 2 aromatic carbocycles. The van der Waals surface area contributed by atoms with Crippen LogP contribution in [0.15, 0.2) is 42.5 Å². The molecule has 3 amide bonds.